The third kappa shape index (κ3) is 3.67. The van der Waals surface area contributed by atoms with E-state index >= 15 is 0 Å². The Kier molecular flexibility index (Phi) is 5.48. The van der Waals surface area contributed by atoms with Crippen molar-refractivity contribution in [1.29, 1.82) is 0 Å². The van der Waals surface area contributed by atoms with Gasteiger partial charge in [0.1, 0.15) is 28.6 Å². The van der Waals surface area contributed by atoms with Crippen LogP contribution in [0, 0.1) is 5.41 Å². The number of hydrogen-bond acceptors (Lipinski definition) is 5. The van der Waals surface area contributed by atoms with Crippen LogP contribution in [0.5, 0.6) is 0 Å². The number of amidine groups is 1. The summed E-state index contributed by atoms with van der Waals surface area (Å²) < 4.78 is 47.0. The second kappa shape index (κ2) is 7.69. The van der Waals surface area contributed by atoms with Crippen molar-refractivity contribution in [1.82, 2.24) is 9.88 Å². The first-order valence-electron chi connectivity index (χ1n) is 9.46. The highest BCUT2D eigenvalue weighted by Crippen LogP contribution is 2.50. The van der Waals surface area contributed by atoms with E-state index in [2.05, 4.69) is 15.3 Å². The lowest BCUT2D eigenvalue weighted by atomic mass is 9.85. The van der Waals surface area contributed by atoms with E-state index in [0.29, 0.717) is 23.0 Å². The summed E-state index contributed by atoms with van der Waals surface area (Å²) in [6, 6.07) is 0.469. The molecule has 0 spiro atoms. The highest BCUT2D eigenvalue weighted by atomic mass is 35.5. The van der Waals surface area contributed by atoms with Gasteiger partial charge in [-0.05, 0) is 38.3 Å². The first kappa shape index (κ1) is 21.4. The monoisotopic (exact) mass is 462 g/mol. The van der Waals surface area contributed by atoms with Gasteiger partial charge < -0.3 is 15.0 Å². The summed E-state index contributed by atoms with van der Waals surface area (Å²) in [5, 5.41) is 2.95. The Morgan fingerprint density at radius 2 is 2.17 bits per heavy atom. The molecule has 0 aromatic carbocycles. The largest absolute Gasteiger partial charge is 0.401 e. The van der Waals surface area contributed by atoms with Crippen molar-refractivity contribution in [2.45, 2.75) is 44.5 Å². The van der Waals surface area contributed by atoms with Crippen LogP contribution >= 0.6 is 23.2 Å². The number of carbonyl (C=O) groups is 1. The number of pyridine rings is 1. The molecule has 2 saturated heterocycles. The average Bonchev–Trinajstić information content (AvgIpc) is 3.29. The molecule has 1 N–H and O–H groups in total. The van der Waals surface area contributed by atoms with Crippen molar-refractivity contribution >= 4 is 40.6 Å². The molecule has 3 aliphatic heterocycles. The summed E-state index contributed by atoms with van der Waals surface area (Å²) in [7, 11) is 0. The number of amides is 1. The number of ether oxygens (including phenoxy) is 1. The van der Waals surface area contributed by atoms with Crippen molar-refractivity contribution in [3.8, 4) is 0 Å². The van der Waals surface area contributed by atoms with Gasteiger partial charge in [-0.3, -0.25) is 9.78 Å². The summed E-state index contributed by atoms with van der Waals surface area (Å²) in [5.74, 6) is -0.836. The van der Waals surface area contributed by atoms with E-state index < -0.39 is 30.0 Å². The van der Waals surface area contributed by atoms with Gasteiger partial charge in [-0.25, -0.2) is 4.99 Å². The zero-order valence-corrected chi connectivity index (χ0v) is 17.5. The Labute approximate surface area is 181 Å². The summed E-state index contributed by atoms with van der Waals surface area (Å²) in [5.41, 5.74) is -1.39. The lowest BCUT2D eigenvalue weighted by Crippen LogP contribution is -2.46. The summed E-state index contributed by atoms with van der Waals surface area (Å²) in [6.45, 7) is 1.74. The van der Waals surface area contributed by atoms with E-state index in [-0.39, 0.29) is 23.6 Å². The molecule has 2 unspecified atom stereocenters. The summed E-state index contributed by atoms with van der Waals surface area (Å²) in [6.07, 6.45) is -0.602. The smallest absolute Gasteiger partial charge is 0.372 e. The lowest BCUT2D eigenvalue weighted by molar-refractivity contribution is -0.191. The van der Waals surface area contributed by atoms with Crippen molar-refractivity contribution in [3.05, 3.63) is 34.2 Å². The number of nitrogens with zero attached hydrogens (tertiary/aromatic N) is 3. The third-order valence-electron chi connectivity index (χ3n) is 5.71. The first-order valence-corrected chi connectivity index (χ1v) is 10.2. The van der Waals surface area contributed by atoms with Crippen molar-refractivity contribution in [3.63, 3.8) is 0 Å². The molecule has 2 fully saturated rings. The number of nitrogens with one attached hydrogen (secondary N) is 1. The Bertz CT molecular complexity index is 931. The number of aliphatic imine (C=N–C) groups is 1. The minimum absolute atomic E-state index is 0.0153. The molecule has 1 amide bonds. The van der Waals surface area contributed by atoms with Crippen LogP contribution in [0.4, 0.5) is 18.9 Å². The van der Waals surface area contributed by atoms with Crippen molar-refractivity contribution < 1.29 is 22.7 Å². The molecule has 0 aliphatic carbocycles. The van der Waals surface area contributed by atoms with E-state index in [1.54, 1.807) is 0 Å². The minimum Gasteiger partial charge on any atom is -0.372 e. The number of rotatable bonds is 3. The number of aromatic nitrogens is 1. The van der Waals surface area contributed by atoms with Crippen LogP contribution < -0.4 is 5.32 Å². The maximum atomic E-state index is 13.8. The number of fused-ring (bicyclic) bond motifs is 1. The van der Waals surface area contributed by atoms with Crippen LogP contribution in [-0.2, 0) is 9.53 Å². The van der Waals surface area contributed by atoms with E-state index in [1.165, 1.54) is 23.2 Å². The topological polar surface area (TPSA) is 66.8 Å². The molecular weight excluding hydrogens is 444 g/mol. The maximum Gasteiger partial charge on any atom is 0.401 e. The zero-order chi connectivity index (χ0) is 21.7. The number of hydrogen-bond donors (Lipinski definition) is 1. The van der Waals surface area contributed by atoms with Crippen LogP contribution in [0.15, 0.2) is 28.5 Å². The number of alkyl halides is 3. The van der Waals surface area contributed by atoms with Crippen LogP contribution in [0.25, 0.3) is 0 Å². The van der Waals surface area contributed by atoms with E-state index in [1.807, 2.05) is 0 Å². The van der Waals surface area contributed by atoms with Crippen LogP contribution in [-0.4, -0.2) is 47.0 Å². The molecule has 3 aliphatic rings. The molecule has 30 heavy (non-hydrogen) atoms. The molecule has 0 radical (unpaired) electrons. The van der Waals surface area contributed by atoms with Crippen LogP contribution in [0.1, 0.15) is 38.0 Å². The summed E-state index contributed by atoms with van der Waals surface area (Å²) in [4.78, 5) is 22.4. The van der Waals surface area contributed by atoms with Gasteiger partial charge >= 0.3 is 6.18 Å². The minimum atomic E-state index is -4.58. The van der Waals surface area contributed by atoms with Crippen LogP contribution in [0.2, 0.25) is 5.02 Å². The number of halogens is 5. The van der Waals surface area contributed by atoms with Gasteiger partial charge in [-0.2, -0.15) is 13.2 Å². The van der Waals surface area contributed by atoms with E-state index in [4.69, 9.17) is 27.9 Å². The van der Waals surface area contributed by atoms with Gasteiger partial charge in [0.2, 0.25) is 5.91 Å². The molecule has 0 saturated carbocycles. The maximum absolute atomic E-state index is 13.8. The van der Waals surface area contributed by atoms with Gasteiger partial charge in [-0.15, -0.1) is 0 Å². The van der Waals surface area contributed by atoms with E-state index in [9.17, 15) is 18.0 Å². The second-order valence-corrected chi connectivity index (χ2v) is 8.54. The van der Waals surface area contributed by atoms with Crippen LogP contribution in [0.3, 0.4) is 0 Å². The molecule has 3 atom stereocenters. The Morgan fingerprint density at radius 1 is 1.40 bits per heavy atom. The molecule has 4 heterocycles. The predicted molar refractivity (Wildman–Crippen MR) is 106 cm³/mol. The Morgan fingerprint density at radius 3 is 2.80 bits per heavy atom. The molecule has 0 bridgehead atoms. The molecule has 4 rings (SSSR count). The number of carbonyl (C=O) groups excluding carboxylic acids is 1. The molecule has 1 aromatic rings. The quantitative estimate of drug-likeness (QED) is 0.663. The molecule has 11 heteroatoms. The molecular formula is C19H19Cl2F3N4O2. The number of anilines is 1. The zero-order valence-electron chi connectivity index (χ0n) is 16.0. The van der Waals surface area contributed by atoms with Crippen molar-refractivity contribution in [2.75, 3.05) is 18.5 Å². The fraction of sp³-hybridized carbons (Fsp3) is 0.526. The van der Waals surface area contributed by atoms with E-state index in [0.717, 1.165) is 19.8 Å². The lowest BCUT2D eigenvalue weighted by Gasteiger charge is -2.31. The standard InChI is InChI=1S/C19H19Cl2F3N4O2/c1-18(19(22,23)24)8-12(28-5-4-14(21)27-17(18)28)16(29)26-10-7-11(20)15(25-9-10)13-3-2-6-30-13/h4,7,9,12-13H,2-3,5-6,8H2,1H3,(H,26,29)/t12?,13?,18-/m1/s1. The van der Waals surface area contributed by atoms with Gasteiger partial charge in [-0.1, -0.05) is 23.2 Å². The average molecular weight is 463 g/mol. The molecule has 162 valence electrons. The fourth-order valence-corrected chi connectivity index (χ4v) is 4.46. The van der Waals surface area contributed by atoms with Gasteiger partial charge in [0, 0.05) is 13.2 Å². The Hall–Kier alpha value is -1.84. The highest BCUT2D eigenvalue weighted by Gasteiger charge is 2.63. The van der Waals surface area contributed by atoms with Gasteiger partial charge in [0.05, 0.1) is 22.6 Å². The highest BCUT2D eigenvalue weighted by molar-refractivity contribution is 6.31. The van der Waals surface area contributed by atoms with Gasteiger partial charge in [0.25, 0.3) is 0 Å². The Balaban J connectivity index is 1.55. The first-order chi connectivity index (χ1) is 14.1. The SMILES string of the molecule is C[C@@]1(C(F)(F)F)CC(C(=O)Nc2cnc(C3CCCO3)c(Cl)c2)N2CC=C(Cl)N=C21. The van der Waals surface area contributed by atoms with Gasteiger partial charge in [0.15, 0.2) is 0 Å². The fourth-order valence-electron chi connectivity index (χ4n) is 4.02. The predicted octanol–water partition coefficient (Wildman–Crippen LogP) is 4.66. The molecule has 6 nitrogen and oxygen atoms in total. The second-order valence-electron chi connectivity index (χ2n) is 7.75. The van der Waals surface area contributed by atoms with Crippen molar-refractivity contribution in [2.24, 2.45) is 10.4 Å². The summed E-state index contributed by atoms with van der Waals surface area (Å²) >= 11 is 12.1. The third-order valence-corrected chi connectivity index (χ3v) is 6.25. The molecule has 1 aromatic heterocycles. The normalized spacial score (nSPS) is 28.8.